The molecule has 10 heteroatoms. The van der Waals surface area contributed by atoms with Crippen molar-refractivity contribution in [2.75, 3.05) is 45.0 Å². The lowest BCUT2D eigenvalue weighted by Crippen LogP contribution is -2.12. The Kier molecular flexibility index (Phi) is 16.2. The number of carbonyl (C=O) groups excluding carboxylic acids is 3. The van der Waals surface area contributed by atoms with E-state index in [1.807, 2.05) is 73.7 Å². The van der Waals surface area contributed by atoms with Crippen LogP contribution in [0.4, 0.5) is 0 Å². The van der Waals surface area contributed by atoms with E-state index in [2.05, 4.69) is 36.8 Å². The lowest BCUT2D eigenvalue weighted by atomic mass is 10.1. The van der Waals surface area contributed by atoms with Gasteiger partial charge in [0.15, 0.2) is 0 Å². The van der Waals surface area contributed by atoms with Crippen LogP contribution in [0.3, 0.4) is 0 Å². The third-order valence-electron chi connectivity index (χ3n) is 7.10. The maximum Gasteiger partial charge on any atom is 0.341 e. The Bertz CT molecular complexity index is 2030. The Labute approximate surface area is 318 Å². The smallest absolute Gasteiger partial charge is 0.341 e. The number of benzene rings is 4. The number of ether oxygens (including phenoxy) is 5. The fraction of sp³-hybridized carbons (Fsp3) is 0.186. The molecule has 0 amide bonds. The van der Waals surface area contributed by atoms with Crippen LogP contribution in [0.5, 0.6) is 11.5 Å². The Balaban J connectivity index is 1.26. The lowest BCUT2D eigenvalue weighted by Gasteiger charge is -2.13. The molecule has 4 aromatic rings. The predicted molar refractivity (Wildman–Crippen MR) is 209 cm³/mol. The number of esters is 3. The summed E-state index contributed by atoms with van der Waals surface area (Å²) < 4.78 is 26.9. The molecule has 0 N–H and O–H groups in total. The summed E-state index contributed by atoms with van der Waals surface area (Å²) in [5.74, 6) is 13.6. The number of thioether (sulfide) groups is 2. The maximum atomic E-state index is 12.6. The van der Waals surface area contributed by atoms with Crippen LogP contribution in [0.2, 0.25) is 0 Å². The summed E-state index contributed by atoms with van der Waals surface area (Å²) in [5, 5.41) is 0. The Morgan fingerprint density at radius 2 is 1.04 bits per heavy atom. The van der Waals surface area contributed by atoms with Gasteiger partial charge in [-0.05, 0) is 97.4 Å². The summed E-state index contributed by atoms with van der Waals surface area (Å²) in [6, 6.07) is 26.5. The van der Waals surface area contributed by atoms with Crippen molar-refractivity contribution in [3.05, 3.63) is 144 Å². The second-order valence-electron chi connectivity index (χ2n) is 10.9. The van der Waals surface area contributed by atoms with Crippen LogP contribution < -0.4 is 9.47 Å². The molecule has 0 aliphatic heterocycles. The predicted octanol–water partition coefficient (Wildman–Crippen LogP) is 7.68. The summed E-state index contributed by atoms with van der Waals surface area (Å²) in [4.78, 5) is 37.0. The van der Waals surface area contributed by atoms with E-state index in [-0.39, 0.29) is 18.8 Å². The van der Waals surface area contributed by atoms with Crippen LogP contribution >= 0.6 is 23.5 Å². The first-order valence-corrected chi connectivity index (χ1v) is 18.4. The monoisotopic (exact) mass is 746 g/mol. The van der Waals surface area contributed by atoms with Gasteiger partial charge in [-0.15, -0.1) is 23.5 Å². The average Bonchev–Trinajstić information content (AvgIpc) is 3.19. The average molecular weight is 747 g/mol. The number of methoxy groups -OCH3 is 1. The van der Waals surface area contributed by atoms with E-state index in [4.69, 9.17) is 23.7 Å². The first kappa shape index (κ1) is 40.0. The molecule has 0 atom stereocenters. The van der Waals surface area contributed by atoms with Crippen LogP contribution in [0.25, 0.3) is 0 Å². The van der Waals surface area contributed by atoms with Gasteiger partial charge in [-0.25, -0.2) is 14.4 Å². The number of hydrogen-bond acceptors (Lipinski definition) is 10. The fourth-order valence-electron chi connectivity index (χ4n) is 4.47. The zero-order valence-corrected chi connectivity index (χ0v) is 31.1. The van der Waals surface area contributed by atoms with Crippen molar-refractivity contribution in [2.45, 2.75) is 16.7 Å². The second-order valence-corrected chi connectivity index (χ2v) is 13.2. The van der Waals surface area contributed by atoms with Gasteiger partial charge in [0, 0.05) is 55.7 Å². The van der Waals surface area contributed by atoms with Crippen LogP contribution in [0, 0.1) is 30.6 Å². The molecule has 0 fully saturated rings. The minimum Gasteiger partial charge on any atom is -0.490 e. The Hall–Kier alpha value is -5.81. The quantitative estimate of drug-likeness (QED) is 0.0284. The molecule has 0 bridgehead atoms. The third-order valence-corrected chi connectivity index (χ3v) is 9.05. The zero-order valence-electron chi connectivity index (χ0n) is 29.5. The van der Waals surface area contributed by atoms with Gasteiger partial charge in [0.1, 0.15) is 43.5 Å². The molecule has 4 rings (SSSR count). The van der Waals surface area contributed by atoms with E-state index in [1.165, 1.54) is 7.11 Å². The molecule has 4 aromatic carbocycles. The first-order valence-electron chi connectivity index (χ1n) is 16.4. The van der Waals surface area contributed by atoms with E-state index < -0.39 is 17.9 Å². The molecule has 0 heterocycles. The van der Waals surface area contributed by atoms with E-state index >= 15 is 0 Å². The highest BCUT2D eigenvalue weighted by molar-refractivity contribution is 7.99. The molecule has 8 nitrogen and oxygen atoms in total. The Morgan fingerprint density at radius 1 is 0.604 bits per heavy atom. The van der Waals surface area contributed by atoms with Gasteiger partial charge in [0.25, 0.3) is 0 Å². The molecule has 0 saturated carbocycles. The summed E-state index contributed by atoms with van der Waals surface area (Å²) >= 11 is 3.16. The van der Waals surface area contributed by atoms with Crippen LogP contribution in [0.15, 0.2) is 120 Å². The minimum absolute atomic E-state index is 0.200. The van der Waals surface area contributed by atoms with Gasteiger partial charge >= 0.3 is 17.9 Å². The molecular weight excluding hydrogens is 709 g/mol. The number of rotatable bonds is 16. The van der Waals surface area contributed by atoms with Crippen molar-refractivity contribution in [3.8, 4) is 35.2 Å². The SMILES string of the molecule is C=CC(=O)OCCSc1ccc(C#Cc2ccc(OCCOc3ccc(C#Cc4ccc(SCCOC(=O)C=C)cc4)cc3C(=O)OC)c(C)c2)cc1. The minimum atomic E-state index is -0.532. The molecule has 0 aliphatic carbocycles. The largest absolute Gasteiger partial charge is 0.490 e. The summed E-state index contributed by atoms with van der Waals surface area (Å²) in [6.07, 6.45) is 2.30. The highest BCUT2D eigenvalue weighted by Gasteiger charge is 2.14. The molecule has 0 aliphatic rings. The lowest BCUT2D eigenvalue weighted by molar-refractivity contribution is -0.138. The summed E-state index contributed by atoms with van der Waals surface area (Å²) in [6.45, 7) is 9.80. The van der Waals surface area contributed by atoms with Gasteiger partial charge in [-0.1, -0.05) is 36.8 Å². The second kappa shape index (κ2) is 21.5. The highest BCUT2D eigenvalue weighted by atomic mass is 32.2. The highest BCUT2D eigenvalue weighted by Crippen LogP contribution is 2.23. The number of hydrogen-bond donors (Lipinski definition) is 0. The van der Waals surface area contributed by atoms with Gasteiger partial charge in [0.2, 0.25) is 0 Å². The first-order chi connectivity index (χ1) is 25.8. The molecule has 0 saturated heterocycles. The van der Waals surface area contributed by atoms with Crippen molar-refractivity contribution >= 4 is 41.4 Å². The zero-order chi connectivity index (χ0) is 37.8. The standard InChI is InChI=1S/C43H38O8S2/c1-5-41(44)50-25-27-52-36-17-11-32(12-18-36)7-9-34-15-21-39(31(3)29-34)48-23-24-49-40-22-16-35(30-38(40)43(46)47-4)10-8-33-13-19-37(20-14-33)53-28-26-51-42(45)6-2/h5-6,11-22,29-30H,1-2,23-28H2,3-4H3. The molecule has 53 heavy (non-hydrogen) atoms. The van der Waals surface area contributed by atoms with E-state index in [0.717, 1.165) is 44.2 Å². The maximum absolute atomic E-state index is 12.6. The summed E-state index contributed by atoms with van der Waals surface area (Å²) in [5.41, 5.74) is 4.38. The molecule has 0 unspecified atom stereocenters. The number of aryl methyl sites for hydroxylation is 1. The van der Waals surface area contributed by atoms with E-state index in [9.17, 15) is 14.4 Å². The molecular formula is C43H38O8S2. The van der Waals surface area contributed by atoms with Gasteiger partial charge in [0.05, 0.1) is 7.11 Å². The normalized spacial score (nSPS) is 10.0. The van der Waals surface area contributed by atoms with E-state index in [0.29, 0.717) is 41.8 Å². The topological polar surface area (TPSA) is 97.4 Å². The van der Waals surface area contributed by atoms with Crippen LogP contribution in [-0.2, 0) is 23.8 Å². The van der Waals surface area contributed by atoms with Crippen molar-refractivity contribution in [2.24, 2.45) is 0 Å². The Morgan fingerprint density at radius 3 is 1.51 bits per heavy atom. The molecule has 0 radical (unpaired) electrons. The molecule has 270 valence electrons. The van der Waals surface area contributed by atoms with Gasteiger partial charge < -0.3 is 23.7 Å². The van der Waals surface area contributed by atoms with Gasteiger partial charge in [-0.3, -0.25) is 0 Å². The summed E-state index contributed by atoms with van der Waals surface area (Å²) in [7, 11) is 1.32. The van der Waals surface area contributed by atoms with Crippen molar-refractivity contribution in [1.82, 2.24) is 0 Å². The van der Waals surface area contributed by atoms with Gasteiger partial charge in [-0.2, -0.15) is 0 Å². The van der Waals surface area contributed by atoms with Crippen LogP contribution in [0.1, 0.15) is 38.2 Å². The van der Waals surface area contributed by atoms with Crippen molar-refractivity contribution in [3.63, 3.8) is 0 Å². The van der Waals surface area contributed by atoms with Crippen molar-refractivity contribution < 1.29 is 38.1 Å². The fourth-order valence-corrected chi connectivity index (χ4v) is 5.94. The number of carbonyl (C=O) groups is 3. The van der Waals surface area contributed by atoms with E-state index in [1.54, 1.807) is 41.7 Å². The van der Waals surface area contributed by atoms with Crippen LogP contribution in [-0.4, -0.2) is 63.0 Å². The molecule has 0 spiro atoms. The third kappa shape index (κ3) is 13.7. The van der Waals surface area contributed by atoms with Crippen molar-refractivity contribution in [1.29, 1.82) is 0 Å². The molecule has 0 aromatic heterocycles.